The number of nitrogens with one attached hydrogen (secondary N) is 1. The Morgan fingerprint density at radius 2 is 1.84 bits per heavy atom. The maximum absolute atomic E-state index is 13.0. The predicted octanol–water partition coefficient (Wildman–Crippen LogP) is 2.83. The summed E-state index contributed by atoms with van der Waals surface area (Å²) in [5.41, 5.74) is -3.42. The monoisotopic (exact) mass is 487 g/mol. The highest BCUT2D eigenvalue weighted by Gasteiger charge is 2.24. The van der Waals surface area contributed by atoms with Crippen LogP contribution in [-0.2, 0) is 0 Å². The quantitative estimate of drug-likeness (QED) is 0.570. The van der Waals surface area contributed by atoms with Gasteiger partial charge in [0.2, 0.25) is 5.69 Å². The van der Waals surface area contributed by atoms with Crippen molar-refractivity contribution in [1.82, 2.24) is 19.3 Å². The van der Waals surface area contributed by atoms with E-state index in [4.69, 9.17) is 33.2 Å². The van der Waals surface area contributed by atoms with Crippen LogP contribution in [0.1, 0.15) is 11.7 Å². The molecule has 3 rings (SSSR count). The average molecular weight is 488 g/mol. The first-order valence-corrected chi connectivity index (χ1v) is 9.29. The molecule has 0 amide bonds. The molecule has 1 unspecified atom stereocenters. The standard InChI is InChI=1S/C18H10Cl2F3N5O4/c19-10-3-8(28-18(31)25-17(30)12(6-24)26-28)4-11(20)15(10)32-9-1-2-14(29)27(7-9)13(5-21)16(22)23/h1-4,7,13,16H,5H2,(H,25,30,31). The second-order valence-electron chi connectivity index (χ2n) is 6.14. The van der Waals surface area contributed by atoms with E-state index in [1.165, 1.54) is 18.2 Å². The molecular weight excluding hydrogens is 478 g/mol. The summed E-state index contributed by atoms with van der Waals surface area (Å²) in [5.74, 6) is -0.319. The Labute approximate surface area is 185 Å². The van der Waals surface area contributed by atoms with Gasteiger partial charge in [-0.1, -0.05) is 23.2 Å². The van der Waals surface area contributed by atoms with Crippen molar-refractivity contribution >= 4 is 23.2 Å². The Hall–Kier alpha value is -3.56. The van der Waals surface area contributed by atoms with E-state index in [1.807, 2.05) is 4.98 Å². The van der Waals surface area contributed by atoms with Crippen LogP contribution in [0.5, 0.6) is 11.5 Å². The van der Waals surface area contributed by atoms with Crippen molar-refractivity contribution in [1.29, 1.82) is 5.26 Å². The van der Waals surface area contributed by atoms with Crippen LogP contribution in [-0.4, -0.2) is 32.4 Å². The smallest absolute Gasteiger partial charge is 0.349 e. The van der Waals surface area contributed by atoms with E-state index >= 15 is 0 Å². The molecule has 166 valence electrons. The molecule has 0 fully saturated rings. The number of aromatic amines is 1. The van der Waals surface area contributed by atoms with Crippen molar-refractivity contribution < 1.29 is 17.9 Å². The van der Waals surface area contributed by atoms with E-state index in [2.05, 4.69) is 5.10 Å². The molecule has 2 heterocycles. The van der Waals surface area contributed by atoms with Gasteiger partial charge in [0.1, 0.15) is 24.5 Å². The van der Waals surface area contributed by atoms with Gasteiger partial charge in [0.25, 0.3) is 17.5 Å². The van der Waals surface area contributed by atoms with Crippen LogP contribution >= 0.6 is 23.2 Å². The van der Waals surface area contributed by atoms with Gasteiger partial charge in [0.05, 0.1) is 21.9 Å². The van der Waals surface area contributed by atoms with Crippen molar-refractivity contribution in [3.8, 4) is 23.3 Å². The SMILES string of the molecule is N#Cc1nn(-c2cc(Cl)c(Oc3ccc(=O)n(C(CF)C(F)F)c3)c(Cl)c2)c(=O)[nH]c1=O. The number of pyridine rings is 1. The van der Waals surface area contributed by atoms with E-state index in [0.717, 1.165) is 18.3 Å². The molecule has 1 aromatic carbocycles. The first kappa shape index (κ1) is 23.1. The second kappa shape index (κ2) is 9.29. The van der Waals surface area contributed by atoms with Crippen LogP contribution in [0.25, 0.3) is 5.69 Å². The van der Waals surface area contributed by atoms with Gasteiger partial charge in [-0.25, -0.2) is 18.0 Å². The van der Waals surface area contributed by atoms with Crippen molar-refractivity contribution in [2.24, 2.45) is 0 Å². The van der Waals surface area contributed by atoms with Gasteiger partial charge >= 0.3 is 5.69 Å². The molecule has 2 aromatic heterocycles. The fourth-order valence-electron chi connectivity index (χ4n) is 2.60. The first-order valence-electron chi connectivity index (χ1n) is 8.53. The molecule has 1 atom stereocenters. The Morgan fingerprint density at radius 1 is 1.19 bits per heavy atom. The number of rotatable bonds is 6. The lowest BCUT2D eigenvalue weighted by molar-refractivity contribution is 0.0665. The zero-order chi connectivity index (χ0) is 23.6. The topological polar surface area (TPSA) is 123 Å². The molecule has 14 heteroatoms. The molecular formula is C18H10Cl2F3N5O4. The molecule has 0 saturated heterocycles. The Kier molecular flexibility index (Phi) is 6.71. The second-order valence-corrected chi connectivity index (χ2v) is 6.95. The Morgan fingerprint density at radius 3 is 2.41 bits per heavy atom. The molecule has 1 N–H and O–H groups in total. The minimum atomic E-state index is -3.14. The minimum absolute atomic E-state index is 0.0229. The maximum Gasteiger partial charge on any atom is 0.349 e. The third-order valence-electron chi connectivity index (χ3n) is 4.10. The number of nitriles is 1. The van der Waals surface area contributed by atoms with E-state index in [1.54, 1.807) is 0 Å². The summed E-state index contributed by atoms with van der Waals surface area (Å²) in [6.45, 7) is -1.48. The van der Waals surface area contributed by atoms with Crippen LogP contribution in [0.3, 0.4) is 0 Å². The summed E-state index contributed by atoms with van der Waals surface area (Å²) in [6.07, 6.45) is -2.26. The first-order chi connectivity index (χ1) is 15.2. The molecule has 0 aliphatic carbocycles. The highest BCUT2D eigenvalue weighted by Crippen LogP contribution is 2.38. The van der Waals surface area contributed by atoms with Crippen molar-refractivity contribution in [2.45, 2.75) is 12.5 Å². The molecule has 0 bridgehead atoms. The molecule has 0 spiro atoms. The third kappa shape index (κ3) is 4.53. The van der Waals surface area contributed by atoms with Gasteiger partial charge in [0, 0.05) is 6.07 Å². The summed E-state index contributed by atoms with van der Waals surface area (Å²) in [4.78, 5) is 37.3. The number of benzene rings is 1. The van der Waals surface area contributed by atoms with Gasteiger partial charge in [0.15, 0.2) is 5.75 Å². The number of halogens is 5. The number of ether oxygens (including phenoxy) is 1. The molecule has 9 nitrogen and oxygen atoms in total. The highest BCUT2D eigenvalue weighted by atomic mass is 35.5. The number of hydrogen-bond donors (Lipinski definition) is 1. The van der Waals surface area contributed by atoms with E-state index < -0.39 is 41.6 Å². The lowest BCUT2D eigenvalue weighted by atomic mass is 10.3. The molecule has 0 aliphatic rings. The third-order valence-corrected chi connectivity index (χ3v) is 4.66. The highest BCUT2D eigenvalue weighted by molar-refractivity contribution is 6.37. The fraction of sp³-hybridized carbons (Fsp3) is 0.167. The summed E-state index contributed by atoms with van der Waals surface area (Å²) in [6, 6.07) is 3.92. The fourth-order valence-corrected chi connectivity index (χ4v) is 3.15. The summed E-state index contributed by atoms with van der Waals surface area (Å²) >= 11 is 12.3. The summed E-state index contributed by atoms with van der Waals surface area (Å²) in [5, 5.41) is 12.2. The van der Waals surface area contributed by atoms with Gasteiger partial charge in [-0.15, -0.1) is 5.10 Å². The van der Waals surface area contributed by atoms with E-state index in [0.29, 0.717) is 9.25 Å². The number of alkyl halides is 3. The van der Waals surface area contributed by atoms with Crippen molar-refractivity contribution in [3.05, 3.63) is 77.4 Å². The lowest BCUT2D eigenvalue weighted by Gasteiger charge is -2.17. The van der Waals surface area contributed by atoms with Gasteiger partial charge < -0.3 is 9.30 Å². The van der Waals surface area contributed by atoms with Crippen LogP contribution in [0.2, 0.25) is 10.0 Å². The van der Waals surface area contributed by atoms with Crippen molar-refractivity contribution in [2.75, 3.05) is 6.67 Å². The van der Waals surface area contributed by atoms with Crippen LogP contribution < -0.4 is 21.5 Å². The molecule has 0 aliphatic heterocycles. The van der Waals surface area contributed by atoms with Gasteiger partial charge in [-0.2, -0.15) is 9.94 Å². The molecule has 32 heavy (non-hydrogen) atoms. The van der Waals surface area contributed by atoms with Gasteiger partial charge in [-0.3, -0.25) is 14.6 Å². The van der Waals surface area contributed by atoms with Crippen molar-refractivity contribution in [3.63, 3.8) is 0 Å². The largest absolute Gasteiger partial charge is 0.453 e. The number of aromatic nitrogens is 4. The van der Waals surface area contributed by atoms with E-state index in [9.17, 15) is 27.6 Å². The zero-order valence-electron chi connectivity index (χ0n) is 15.6. The number of nitrogens with zero attached hydrogens (tertiary/aromatic N) is 4. The maximum atomic E-state index is 13.0. The molecule has 0 radical (unpaired) electrons. The Balaban J connectivity index is 2.03. The van der Waals surface area contributed by atoms with Crippen LogP contribution in [0.4, 0.5) is 13.2 Å². The summed E-state index contributed by atoms with van der Waals surface area (Å²) < 4.78 is 45.7. The predicted molar refractivity (Wildman–Crippen MR) is 107 cm³/mol. The van der Waals surface area contributed by atoms with Gasteiger partial charge in [-0.05, 0) is 18.2 Å². The molecule has 3 aromatic rings. The summed E-state index contributed by atoms with van der Waals surface area (Å²) in [7, 11) is 0. The zero-order valence-corrected chi connectivity index (χ0v) is 17.1. The van der Waals surface area contributed by atoms with Crippen LogP contribution in [0.15, 0.2) is 44.8 Å². The molecule has 0 saturated carbocycles. The lowest BCUT2D eigenvalue weighted by Crippen LogP contribution is -2.33. The number of hydrogen-bond acceptors (Lipinski definition) is 6. The van der Waals surface area contributed by atoms with E-state index in [-0.39, 0.29) is 27.2 Å². The van der Waals surface area contributed by atoms with Crippen LogP contribution in [0, 0.1) is 11.3 Å². The average Bonchev–Trinajstić information content (AvgIpc) is 2.73. The normalized spacial score (nSPS) is 11.9. The Bertz CT molecular complexity index is 1370. The number of H-pyrrole nitrogens is 1. The minimum Gasteiger partial charge on any atom is -0.453 e.